The van der Waals surface area contributed by atoms with Crippen molar-refractivity contribution in [1.29, 1.82) is 0 Å². The molecular weight excluding hydrogens is 299 g/mol. The van der Waals surface area contributed by atoms with E-state index in [-0.39, 0.29) is 5.82 Å². The van der Waals surface area contributed by atoms with Crippen LogP contribution in [0.25, 0.3) is 0 Å². The minimum atomic E-state index is -0.297. The van der Waals surface area contributed by atoms with Crippen LogP contribution < -0.4 is 9.47 Å². The smallest absolute Gasteiger partial charge is 0.133 e. The van der Waals surface area contributed by atoms with Crippen LogP contribution in [-0.4, -0.2) is 13.2 Å². The highest BCUT2D eigenvalue weighted by atomic mass is 79.9. The number of ether oxygens (including phenoxy) is 2. The summed E-state index contributed by atoms with van der Waals surface area (Å²) in [4.78, 5) is 0. The molecule has 0 heterocycles. The molecule has 2 rings (SSSR count). The van der Waals surface area contributed by atoms with Gasteiger partial charge in [0, 0.05) is 0 Å². The lowest BCUT2D eigenvalue weighted by Gasteiger charge is -2.09. The molecule has 2 nitrogen and oxygen atoms in total. The second-order valence-electron chi connectivity index (χ2n) is 3.58. The fourth-order valence-corrected chi connectivity index (χ4v) is 1.89. The van der Waals surface area contributed by atoms with Gasteiger partial charge in [0.05, 0.1) is 4.47 Å². The summed E-state index contributed by atoms with van der Waals surface area (Å²) in [5.74, 6) is 1.11. The molecule has 4 heteroatoms. The Morgan fingerprint density at radius 1 is 0.944 bits per heavy atom. The molecule has 0 saturated heterocycles. The van der Waals surface area contributed by atoms with Gasteiger partial charge in [0.1, 0.15) is 30.5 Å². The van der Waals surface area contributed by atoms with Gasteiger partial charge in [0.25, 0.3) is 0 Å². The highest BCUT2D eigenvalue weighted by Crippen LogP contribution is 2.25. The van der Waals surface area contributed by atoms with Crippen molar-refractivity contribution < 1.29 is 13.9 Å². The third-order valence-electron chi connectivity index (χ3n) is 2.25. The third kappa shape index (κ3) is 3.74. The summed E-state index contributed by atoms with van der Waals surface area (Å²) in [6, 6.07) is 13.8. The minimum Gasteiger partial charge on any atom is -0.490 e. The Labute approximate surface area is 113 Å². The van der Waals surface area contributed by atoms with Crippen molar-refractivity contribution in [3.05, 3.63) is 58.8 Å². The Bertz CT molecular complexity index is 502. The Hall–Kier alpha value is -1.55. The Balaban J connectivity index is 1.79. The summed E-state index contributed by atoms with van der Waals surface area (Å²) in [5.41, 5.74) is 0. The van der Waals surface area contributed by atoms with E-state index in [0.717, 1.165) is 5.75 Å². The van der Waals surface area contributed by atoms with Crippen LogP contribution in [0.4, 0.5) is 4.39 Å². The molecule has 0 aliphatic heterocycles. The lowest BCUT2D eigenvalue weighted by atomic mass is 10.3. The van der Waals surface area contributed by atoms with Crippen LogP contribution in [0.15, 0.2) is 53.0 Å². The van der Waals surface area contributed by atoms with E-state index >= 15 is 0 Å². The molecule has 0 aliphatic rings. The van der Waals surface area contributed by atoms with Gasteiger partial charge in [0.15, 0.2) is 0 Å². The summed E-state index contributed by atoms with van der Waals surface area (Å²) in [5, 5.41) is 0. The average molecular weight is 311 g/mol. The van der Waals surface area contributed by atoms with Crippen LogP contribution in [0.5, 0.6) is 11.5 Å². The minimum absolute atomic E-state index is 0.297. The van der Waals surface area contributed by atoms with Gasteiger partial charge in [-0.3, -0.25) is 0 Å². The standard InChI is InChI=1S/C14H12BrFO2/c15-13-10-11(16)6-7-14(13)18-9-8-17-12-4-2-1-3-5-12/h1-7,10H,8-9H2. The molecule has 0 fully saturated rings. The van der Waals surface area contributed by atoms with Gasteiger partial charge >= 0.3 is 0 Å². The van der Waals surface area contributed by atoms with E-state index in [9.17, 15) is 4.39 Å². The molecular formula is C14H12BrFO2. The maximum absolute atomic E-state index is 12.8. The zero-order chi connectivity index (χ0) is 12.8. The summed E-state index contributed by atoms with van der Waals surface area (Å²) in [6.45, 7) is 0.840. The number of rotatable bonds is 5. The van der Waals surface area contributed by atoms with Gasteiger partial charge in [-0.15, -0.1) is 0 Å². The zero-order valence-electron chi connectivity index (χ0n) is 9.61. The summed E-state index contributed by atoms with van der Waals surface area (Å²) >= 11 is 3.24. The first-order chi connectivity index (χ1) is 8.75. The fraction of sp³-hybridized carbons (Fsp3) is 0.143. The van der Waals surface area contributed by atoms with Crippen molar-refractivity contribution >= 4 is 15.9 Å². The van der Waals surface area contributed by atoms with Crippen molar-refractivity contribution in [2.45, 2.75) is 0 Å². The Morgan fingerprint density at radius 3 is 2.39 bits per heavy atom. The van der Waals surface area contributed by atoms with Gasteiger partial charge < -0.3 is 9.47 Å². The van der Waals surface area contributed by atoms with Crippen molar-refractivity contribution in [2.75, 3.05) is 13.2 Å². The van der Waals surface area contributed by atoms with E-state index in [4.69, 9.17) is 9.47 Å². The van der Waals surface area contributed by atoms with Crippen LogP contribution >= 0.6 is 15.9 Å². The summed E-state index contributed by atoms with van der Waals surface area (Å²) < 4.78 is 24.4. The first kappa shape index (κ1) is 12.9. The second kappa shape index (κ2) is 6.40. The molecule has 0 bridgehead atoms. The first-order valence-electron chi connectivity index (χ1n) is 5.51. The molecule has 0 atom stereocenters. The number of para-hydroxylation sites is 1. The second-order valence-corrected chi connectivity index (χ2v) is 4.44. The van der Waals surface area contributed by atoms with Crippen LogP contribution in [0.1, 0.15) is 0 Å². The molecule has 0 saturated carbocycles. The lowest BCUT2D eigenvalue weighted by Crippen LogP contribution is -2.09. The van der Waals surface area contributed by atoms with E-state index in [1.807, 2.05) is 30.3 Å². The lowest BCUT2D eigenvalue weighted by molar-refractivity contribution is 0.216. The highest BCUT2D eigenvalue weighted by molar-refractivity contribution is 9.10. The predicted molar refractivity (Wildman–Crippen MR) is 71.5 cm³/mol. The molecule has 0 aromatic heterocycles. The Morgan fingerprint density at radius 2 is 1.67 bits per heavy atom. The van der Waals surface area contributed by atoms with Gasteiger partial charge in [-0.25, -0.2) is 4.39 Å². The molecule has 2 aromatic rings. The fourth-order valence-electron chi connectivity index (χ4n) is 1.42. The SMILES string of the molecule is Fc1ccc(OCCOc2ccccc2)c(Br)c1. The highest BCUT2D eigenvalue weighted by Gasteiger charge is 2.02. The molecule has 0 N–H and O–H groups in total. The first-order valence-corrected chi connectivity index (χ1v) is 6.31. The molecule has 0 radical (unpaired) electrons. The quantitative estimate of drug-likeness (QED) is 0.776. The van der Waals surface area contributed by atoms with Gasteiger partial charge in [-0.1, -0.05) is 18.2 Å². The molecule has 0 aliphatic carbocycles. The number of hydrogen-bond acceptors (Lipinski definition) is 2. The van der Waals surface area contributed by atoms with Crippen molar-refractivity contribution in [2.24, 2.45) is 0 Å². The Kier molecular flexibility index (Phi) is 4.59. The van der Waals surface area contributed by atoms with E-state index < -0.39 is 0 Å². The molecule has 94 valence electrons. The van der Waals surface area contributed by atoms with Crippen LogP contribution in [0, 0.1) is 5.82 Å². The third-order valence-corrected chi connectivity index (χ3v) is 2.87. The molecule has 2 aromatic carbocycles. The number of halogens is 2. The molecule has 0 spiro atoms. The molecule has 0 amide bonds. The van der Waals surface area contributed by atoms with E-state index in [1.54, 1.807) is 6.07 Å². The maximum Gasteiger partial charge on any atom is 0.133 e. The average Bonchev–Trinajstić information content (AvgIpc) is 2.38. The number of hydrogen-bond donors (Lipinski definition) is 0. The van der Waals surface area contributed by atoms with Crippen LogP contribution in [0.3, 0.4) is 0 Å². The van der Waals surface area contributed by atoms with Gasteiger partial charge in [0.2, 0.25) is 0 Å². The summed E-state index contributed by atoms with van der Waals surface area (Å²) in [7, 11) is 0. The van der Waals surface area contributed by atoms with Crippen molar-refractivity contribution in [3.8, 4) is 11.5 Å². The van der Waals surface area contributed by atoms with Gasteiger partial charge in [-0.2, -0.15) is 0 Å². The zero-order valence-corrected chi connectivity index (χ0v) is 11.2. The van der Waals surface area contributed by atoms with E-state index in [1.165, 1.54) is 12.1 Å². The van der Waals surface area contributed by atoms with Crippen molar-refractivity contribution in [1.82, 2.24) is 0 Å². The largest absolute Gasteiger partial charge is 0.490 e. The molecule has 18 heavy (non-hydrogen) atoms. The molecule has 0 unspecified atom stereocenters. The maximum atomic E-state index is 12.8. The monoisotopic (exact) mass is 310 g/mol. The van der Waals surface area contributed by atoms with Gasteiger partial charge in [-0.05, 0) is 46.3 Å². The van der Waals surface area contributed by atoms with Crippen LogP contribution in [-0.2, 0) is 0 Å². The topological polar surface area (TPSA) is 18.5 Å². The normalized spacial score (nSPS) is 10.1. The van der Waals surface area contributed by atoms with E-state index in [0.29, 0.717) is 23.4 Å². The predicted octanol–water partition coefficient (Wildman–Crippen LogP) is 4.05. The van der Waals surface area contributed by atoms with Crippen molar-refractivity contribution in [3.63, 3.8) is 0 Å². The number of benzene rings is 2. The summed E-state index contributed by atoms with van der Waals surface area (Å²) in [6.07, 6.45) is 0. The van der Waals surface area contributed by atoms with Crippen LogP contribution in [0.2, 0.25) is 0 Å². The van der Waals surface area contributed by atoms with E-state index in [2.05, 4.69) is 15.9 Å².